The van der Waals surface area contributed by atoms with E-state index in [1.807, 2.05) is 18.2 Å². The predicted octanol–water partition coefficient (Wildman–Crippen LogP) is 3.05. The number of thioether (sulfide) groups is 1. The van der Waals surface area contributed by atoms with E-state index in [-0.39, 0.29) is 0 Å². The van der Waals surface area contributed by atoms with Gasteiger partial charge in [-0.05, 0) is 30.5 Å². The fraction of sp³-hybridized carbons (Fsp3) is 0.455. The van der Waals surface area contributed by atoms with Crippen molar-refractivity contribution in [1.29, 1.82) is 0 Å². The fourth-order valence-electron chi connectivity index (χ4n) is 1.56. The maximum Gasteiger partial charge on any atom is 0.0503 e. The van der Waals surface area contributed by atoms with E-state index in [1.165, 1.54) is 0 Å². The van der Waals surface area contributed by atoms with Crippen molar-refractivity contribution in [2.45, 2.75) is 11.3 Å². The lowest BCUT2D eigenvalue weighted by Gasteiger charge is -2.09. The summed E-state index contributed by atoms with van der Waals surface area (Å²) >= 11 is 7.69. The minimum atomic E-state index is 0.661. The molecule has 1 aromatic carbocycles. The number of anilines is 1. The molecule has 2 N–H and O–H groups in total. The molecule has 2 nitrogen and oxygen atoms in total. The Labute approximate surface area is 99.1 Å². The van der Waals surface area contributed by atoms with Crippen molar-refractivity contribution in [2.75, 3.05) is 24.7 Å². The molecule has 1 atom stereocenters. The molecular formula is C11H14ClNOS. The van der Waals surface area contributed by atoms with Gasteiger partial charge in [0, 0.05) is 28.0 Å². The first-order valence-corrected chi connectivity index (χ1v) is 6.37. The molecule has 1 aliphatic heterocycles. The largest absolute Gasteiger partial charge is 0.398 e. The summed E-state index contributed by atoms with van der Waals surface area (Å²) in [5, 5.41) is 0.745. The van der Waals surface area contributed by atoms with Crippen molar-refractivity contribution >= 4 is 29.1 Å². The number of hydrogen-bond donors (Lipinski definition) is 1. The third kappa shape index (κ3) is 3.03. The Morgan fingerprint density at radius 1 is 1.53 bits per heavy atom. The number of hydrogen-bond acceptors (Lipinski definition) is 3. The van der Waals surface area contributed by atoms with E-state index in [2.05, 4.69) is 0 Å². The number of nitrogens with two attached hydrogens (primary N) is 1. The maximum atomic E-state index is 5.92. The van der Waals surface area contributed by atoms with Crippen LogP contribution in [0.5, 0.6) is 0 Å². The standard InChI is InChI=1S/C11H14ClNOS/c12-9-1-2-10(13)11(5-9)15-7-8-3-4-14-6-8/h1-2,5,8H,3-4,6-7,13H2. The van der Waals surface area contributed by atoms with Gasteiger partial charge >= 0.3 is 0 Å². The fourth-order valence-corrected chi connectivity index (χ4v) is 2.92. The topological polar surface area (TPSA) is 35.2 Å². The number of rotatable bonds is 3. The Bertz CT molecular complexity index is 339. The summed E-state index contributed by atoms with van der Waals surface area (Å²) in [5.41, 5.74) is 6.67. The van der Waals surface area contributed by atoms with Crippen LogP contribution in [-0.4, -0.2) is 19.0 Å². The molecule has 1 heterocycles. The van der Waals surface area contributed by atoms with Crippen molar-refractivity contribution in [3.8, 4) is 0 Å². The molecule has 82 valence electrons. The van der Waals surface area contributed by atoms with Gasteiger partial charge in [0.2, 0.25) is 0 Å². The van der Waals surface area contributed by atoms with E-state index in [1.54, 1.807) is 11.8 Å². The third-order valence-corrected chi connectivity index (χ3v) is 4.01. The quantitative estimate of drug-likeness (QED) is 0.655. The van der Waals surface area contributed by atoms with Gasteiger partial charge < -0.3 is 10.5 Å². The molecule has 0 spiro atoms. The van der Waals surface area contributed by atoms with Crippen LogP contribution in [0.3, 0.4) is 0 Å². The minimum Gasteiger partial charge on any atom is -0.398 e. The van der Waals surface area contributed by atoms with Crippen LogP contribution in [0.25, 0.3) is 0 Å². The van der Waals surface area contributed by atoms with Gasteiger partial charge in [-0.15, -0.1) is 11.8 Å². The van der Waals surface area contributed by atoms with Crippen LogP contribution < -0.4 is 5.73 Å². The van der Waals surface area contributed by atoms with Gasteiger partial charge in [0.1, 0.15) is 0 Å². The van der Waals surface area contributed by atoms with Crippen LogP contribution in [0.1, 0.15) is 6.42 Å². The Morgan fingerprint density at radius 2 is 2.40 bits per heavy atom. The summed E-state index contributed by atoms with van der Waals surface area (Å²) < 4.78 is 5.33. The highest BCUT2D eigenvalue weighted by atomic mass is 35.5. The molecule has 1 aromatic rings. The second-order valence-corrected chi connectivity index (χ2v) is 5.22. The summed E-state index contributed by atoms with van der Waals surface area (Å²) in [5.74, 6) is 1.72. The summed E-state index contributed by atoms with van der Waals surface area (Å²) in [6.45, 7) is 1.78. The first-order valence-electron chi connectivity index (χ1n) is 5.01. The van der Waals surface area contributed by atoms with E-state index >= 15 is 0 Å². The molecule has 0 radical (unpaired) electrons. The molecule has 0 saturated carbocycles. The molecular weight excluding hydrogens is 230 g/mol. The van der Waals surface area contributed by atoms with E-state index in [4.69, 9.17) is 22.1 Å². The zero-order valence-electron chi connectivity index (χ0n) is 8.41. The third-order valence-electron chi connectivity index (χ3n) is 2.47. The second-order valence-electron chi connectivity index (χ2n) is 3.72. The molecule has 1 aliphatic rings. The second kappa shape index (κ2) is 5.10. The summed E-state index contributed by atoms with van der Waals surface area (Å²) in [6, 6.07) is 5.60. The van der Waals surface area contributed by atoms with Crippen molar-refractivity contribution in [3.05, 3.63) is 23.2 Å². The Kier molecular flexibility index (Phi) is 3.78. The van der Waals surface area contributed by atoms with Gasteiger partial charge in [-0.3, -0.25) is 0 Å². The lowest BCUT2D eigenvalue weighted by Crippen LogP contribution is -2.02. The molecule has 0 aromatic heterocycles. The summed E-state index contributed by atoms with van der Waals surface area (Å²) in [7, 11) is 0. The van der Waals surface area contributed by atoms with Crippen LogP contribution in [0.2, 0.25) is 5.02 Å². The monoisotopic (exact) mass is 243 g/mol. The first kappa shape index (κ1) is 11.1. The van der Waals surface area contributed by atoms with Crippen molar-refractivity contribution in [1.82, 2.24) is 0 Å². The number of benzene rings is 1. The van der Waals surface area contributed by atoms with Crippen LogP contribution in [0.15, 0.2) is 23.1 Å². The van der Waals surface area contributed by atoms with E-state index in [0.717, 1.165) is 41.0 Å². The molecule has 15 heavy (non-hydrogen) atoms. The normalized spacial score (nSPS) is 20.7. The lowest BCUT2D eigenvalue weighted by atomic mass is 10.2. The molecule has 0 amide bonds. The van der Waals surface area contributed by atoms with Gasteiger partial charge in [-0.1, -0.05) is 11.6 Å². The SMILES string of the molecule is Nc1ccc(Cl)cc1SCC1CCOC1. The first-order chi connectivity index (χ1) is 7.25. The van der Waals surface area contributed by atoms with Crippen molar-refractivity contribution < 1.29 is 4.74 Å². The van der Waals surface area contributed by atoms with Gasteiger partial charge in [-0.2, -0.15) is 0 Å². The summed E-state index contributed by atoms with van der Waals surface area (Å²) in [4.78, 5) is 1.08. The maximum absolute atomic E-state index is 5.92. The van der Waals surface area contributed by atoms with E-state index in [0.29, 0.717) is 5.92 Å². The zero-order valence-corrected chi connectivity index (χ0v) is 9.98. The number of nitrogen functional groups attached to an aromatic ring is 1. The minimum absolute atomic E-state index is 0.661. The van der Waals surface area contributed by atoms with E-state index in [9.17, 15) is 0 Å². The van der Waals surface area contributed by atoms with Crippen LogP contribution in [0, 0.1) is 5.92 Å². The van der Waals surface area contributed by atoms with Gasteiger partial charge in [0.25, 0.3) is 0 Å². The van der Waals surface area contributed by atoms with Gasteiger partial charge in [-0.25, -0.2) is 0 Å². The Hall–Kier alpha value is -0.380. The average Bonchev–Trinajstić information content (AvgIpc) is 2.72. The Balaban J connectivity index is 1.94. The van der Waals surface area contributed by atoms with Crippen LogP contribution >= 0.6 is 23.4 Å². The average molecular weight is 244 g/mol. The Morgan fingerprint density at radius 3 is 3.13 bits per heavy atom. The molecule has 4 heteroatoms. The summed E-state index contributed by atoms with van der Waals surface area (Å²) in [6.07, 6.45) is 1.16. The van der Waals surface area contributed by atoms with Gasteiger partial charge in [0.05, 0.1) is 6.61 Å². The smallest absolute Gasteiger partial charge is 0.0503 e. The highest BCUT2D eigenvalue weighted by molar-refractivity contribution is 7.99. The van der Waals surface area contributed by atoms with Gasteiger partial charge in [0.15, 0.2) is 0 Å². The van der Waals surface area contributed by atoms with Crippen LogP contribution in [0.4, 0.5) is 5.69 Å². The van der Waals surface area contributed by atoms with E-state index < -0.39 is 0 Å². The zero-order chi connectivity index (χ0) is 10.7. The molecule has 0 bridgehead atoms. The molecule has 0 aliphatic carbocycles. The number of halogens is 1. The highest BCUT2D eigenvalue weighted by Gasteiger charge is 2.16. The van der Waals surface area contributed by atoms with Crippen molar-refractivity contribution in [2.24, 2.45) is 5.92 Å². The molecule has 2 rings (SSSR count). The molecule has 1 fully saturated rings. The highest BCUT2D eigenvalue weighted by Crippen LogP contribution is 2.31. The molecule has 1 unspecified atom stereocenters. The van der Waals surface area contributed by atoms with Crippen LogP contribution in [-0.2, 0) is 4.74 Å². The molecule has 1 saturated heterocycles. The lowest BCUT2D eigenvalue weighted by molar-refractivity contribution is 0.189. The predicted molar refractivity (Wildman–Crippen MR) is 65.5 cm³/mol. The number of ether oxygens (including phenoxy) is 1. The van der Waals surface area contributed by atoms with Crippen molar-refractivity contribution in [3.63, 3.8) is 0 Å².